The van der Waals surface area contributed by atoms with Crippen LogP contribution in [0.1, 0.15) is 15.2 Å². The predicted molar refractivity (Wildman–Crippen MR) is 108 cm³/mol. The van der Waals surface area contributed by atoms with Crippen LogP contribution in [0, 0.1) is 0 Å². The van der Waals surface area contributed by atoms with Crippen molar-refractivity contribution in [3.63, 3.8) is 0 Å². The van der Waals surface area contributed by atoms with Crippen molar-refractivity contribution in [2.75, 3.05) is 5.73 Å². The number of rotatable bonds is 3. The molecule has 146 valence electrons. The van der Waals surface area contributed by atoms with Gasteiger partial charge in [-0.2, -0.15) is 13.2 Å². The van der Waals surface area contributed by atoms with Crippen molar-refractivity contribution < 1.29 is 18.0 Å². The number of pyridine rings is 1. The van der Waals surface area contributed by atoms with E-state index in [4.69, 9.17) is 11.5 Å². The number of benzene rings is 2. The van der Waals surface area contributed by atoms with Crippen LogP contribution in [0.25, 0.3) is 32.6 Å². The van der Waals surface area contributed by atoms with Crippen molar-refractivity contribution in [1.29, 1.82) is 0 Å². The topological polar surface area (TPSA) is 82.0 Å². The number of nitrogen functional groups attached to an aromatic ring is 1. The van der Waals surface area contributed by atoms with E-state index in [1.165, 1.54) is 6.07 Å². The molecule has 8 heteroatoms. The van der Waals surface area contributed by atoms with E-state index in [1.807, 2.05) is 30.3 Å². The molecular weight excluding hydrogens is 399 g/mol. The Balaban J connectivity index is 2.05. The number of aromatic nitrogens is 1. The van der Waals surface area contributed by atoms with Gasteiger partial charge in [0, 0.05) is 10.9 Å². The fourth-order valence-electron chi connectivity index (χ4n) is 3.15. The van der Waals surface area contributed by atoms with Crippen LogP contribution in [0.2, 0.25) is 0 Å². The monoisotopic (exact) mass is 413 g/mol. The van der Waals surface area contributed by atoms with Crippen molar-refractivity contribution in [3.8, 4) is 22.4 Å². The molecule has 2 aromatic heterocycles. The largest absolute Gasteiger partial charge is 0.416 e. The average Bonchev–Trinajstić information content (AvgIpc) is 3.04. The molecule has 0 fully saturated rings. The number of primary amides is 1. The van der Waals surface area contributed by atoms with Crippen LogP contribution >= 0.6 is 11.3 Å². The Labute approximate surface area is 167 Å². The van der Waals surface area contributed by atoms with E-state index < -0.39 is 17.6 Å². The van der Waals surface area contributed by atoms with Crippen LogP contribution in [-0.4, -0.2) is 10.9 Å². The normalized spacial score (nSPS) is 11.7. The lowest BCUT2D eigenvalue weighted by Gasteiger charge is -2.12. The molecule has 0 bridgehead atoms. The number of amides is 1. The second-order valence-electron chi connectivity index (χ2n) is 6.39. The highest BCUT2D eigenvalue weighted by Crippen LogP contribution is 2.42. The lowest BCUT2D eigenvalue weighted by Crippen LogP contribution is -2.10. The minimum atomic E-state index is -4.48. The van der Waals surface area contributed by atoms with Gasteiger partial charge in [-0.15, -0.1) is 11.3 Å². The van der Waals surface area contributed by atoms with Crippen LogP contribution < -0.4 is 11.5 Å². The molecule has 2 heterocycles. The van der Waals surface area contributed by atoms with Gasteiger partial charge in [-0.25, -0.2) is 4.98 Å². The summed E-state index contributed by atoms with van der Waals surface area (Å²) in [4.78, 5) is 16.9. The van der Waals surface area contributed by atoms with Crippen LogP contribution in [0.4, 0.5) is 18.9 Å². The number of carbonyl (C=O) groups is 1. The molecule has 1 amide bonds. The molecule has 0 aliphatic heterocycles. The number of anilines is 1. The summed E-state index contributed by atoms with van der Waals surface area (Å²) in [5, 5.41) is 0.419. The molecule has 0 radical (unpaired) electrons. The van der Waals surface area contributed by atoms with Gasteiger partial charge in [0.1, 0.15) is 9.71 Å². The van der Waals surface area contributed by atoms with Gasteiger partial charge in [0.15, 0.2) is 0 Å². The van der Waals surface area contributed by atoms with E-state index in [1.54, 1.807) is 12.1 Å². The van der Waals surface area contributed by atoms with E-state index >= 15 is 0 Å². The fourth-order valence-corrected chi connectivity index (χ4v) is 4.12. The first-order chi connectivity index (χ1) is 13.8. The standard InChI is InChI=1S/C21H14F3N3OS/c22-21(23,24)13-8-4-7-12(9-13)14-10-15(11-5-2-1-3-6-11)27-20-16(14)17(25)18(29-20)19(26)28/h1-10H,25H2,(H2,26,28). The Kier molecular flexibility index (Phi) is 4.50. The Morgan fingerprint density at radius 3 is 2.31 bits per heavy atom. The molecule has 0 spiro atoms. The van der Waals surface area contributed by atoms with Crippen LogP contribution in [0.15, 0.2) is 60.7 Å². The highest BCUT2D eigenvalue weighted by molar-refractivity contribution is 7.21. The number of hydrogen-bond acceptors (Lipinski definition) is 4. The second-order valence-corrected chi connectivity index (χ2v) is 7.39. The van der Waals surface area contributed by atoms with Gasteiger partial charge >= 0.3 is 6.18 Å². The van der Waals surface area contributed by atoms with Gasteiger partial charge in [-0.05, 0) is 29.3 Å². The third-order valence-electron chi connectivity index (χ3n) is 4.49. The molecule has 4 nitrogen and oxygen atoms in total. The zero-order valence-electron chi connectivity index (χ0n) is 14.8. The number of alkyl halides is 3. The molecule has 0 saturated heterocycles. The van der Waals surface area contributed by atoms with E-state index in [0.29, 0.717) is 27.0 Å². The number of thiophene rings is 1. The van der Waals surface area contributed by atoms with Crippen molar-refractivity contribution >= 4 is 33.1 Å². The maximum absolute atomic E-state index is 13.2. The minimum absolute atomic E-state index is 0.122. The van der Waals surface area contributed by atoms with Crippen LogP contribution in [0.5, 0.6) is 0 Å². The van der Waals surface area contributed by atoms with Gasteiger partial charge < -0.3 is 11.5 Å². The van der Waals surface area contributed by atoms with E-state index in [0.717, 1.165) is 29.0 Å². The average molecular weight is 413 g/mol. The van der Waals surface area contributed by atoms with Crippen molar-refractivity contribution in [1.82, 2.24) is 4.98 Å². The van der Waals surface area contributed by atoms with E-state index in [9.17, 15) is 18.0 Å². The van der Waals surface area contributed by atoms with Gasteiger partial charge in [-0.3, -0.25) is 4.79 Å². The maximum atomic E-state index is 13.2. The molecule has 0 aliphatic carbocycles. The van der Waals surface area contributed by atoms with Crippen molar-refractivity contribution in [2.45, 2.75) is 6.18 Å². The Bertz CT molecular complexity index is 1230. The first-order valence-corrected chi connectivity index (χ1v) is 9.33. The molecule has 4 aromatic rings. The van der Waals surface area contributed by atoms with Gasteiger partial charge in [-0.1, -0.05) is 42.5 Å². The van der Waals surface area contributed by atoms with Crippen molar-refractivity contribution in [3.05, 3.63) is 71.1 Å². The van der Waals surface area contributed by atoms with Crippen molar-refractivity contribution in [2.24, 2.45) is 5.73 Å². The number of carbonyl (C=O) groups excluding carboxylic acids is 1. The lowest BCUT2D eigenvalue weighted by atomic mass is 9.98. The molecule has 4 N–H and O–H groups in total. The first kappa shape index (κ1) is 18.9. The van der Waals surface area contributed by atoms with Gasteiger partial charge in [0.05, 0.1) is 16.9 Å². The molecule has 0 atom stereocenters. The summed E-state index contributed by atoms with van der Waals surface area (Å²) in [6.07, 6.45) is -4.48. The molecule has 0 aliphatic rings. The van der Waals surface area contributed by atoms with Gasteiger partial charge in [0.2, 0.25) is 0 Å². The zero-order chi connectivity index (χ0) is 20.8. The maximum Gasteiger partial charge on any atom is 0.416 e. The Morgan fingerprint density at radius 1 is 0.966 bits per heavy atom. The molecule has 0 unspecified atom stereocenters. The second kappa shape index (κ2) is 6.89. The third-order valence-corrected chi connectivity index (χ3v) is 5.61. The summed E-state index contributed by atoms with van der Waals surface area (Å²) in [6, 6.07) is 15.9. The van der Waals surface area contributed by atoms with Crippen LogP contribution in [0.3, 0.4) is 0 Å². The summed E-state index contributed by atoms with van der Waals surface area (Å²) >= 11 is 1.03. The summed E-state index contributed by atoms with van der Waals surface area (Å²) in [5.74, 6) is -0.707. The molecule has 0 saturated carbocycles. The summed E-state index contributed by atoms with van der Waals surface area (Å²) < 4.78 is 39.7. The number of nitrogens with zero attached hydrogens (tertiary/aromatic N) is 1. The Morgan fingerprint density at radius 2 is 1.66 bits per heavy atom. The lowest BCUT2D eigenvalue weighted by molar-refractivity contribution is -0.137. The number of hydrogen-bond donors (Lipinski definition) is 2. The quantitative estimate of drug-likeness (QED) is 0.476. The third kappa shape index (κ3) is 3.42. The number of fused-ring (bicyclic) bond motifs is 1. The van der Waals surface area contributed by atoms with E-state index in [2.05, 4.69) is 4.98 Å². The number of nitrogens with two attached hydrogens (primary N) is 2. The highest BCUT2D eigenvalue weighted by Gasteiger charge is 2.31. The molecule has 2 aromatic carbocycles. The number of halogens is 3. The van der Waals surface area contributed by atoms with Crippen LogP contribution in [-0.2, 0) is 6.18 Å². The smallest absolute Gasteiger partial charge is 0.397 e. The fraction of sp³-hybridized carbons (Fsp3) is 0.0476. The zero-order valence-corrected chi connectivity index (χ0v) is 15.6. The SMILES string of the molecule is NC(=O)c1sc2nc(-c3ccccc3)cc(-c3cccc(C(F)(F)F)c3)c2c1N. The predicted octanol–water partition coefficient (Wildman–Crippen LogP) is 5.33. The highest BCUT2D eigenvalue weighted by atomic mass is 32.1. The van der Waals surface area contributed by atoms with E-state index in [-0.39, 0.29) is 10.6 Å². The molecule has 29 heavy (non-hydrogen) atoms. The van der Waals surface area contributed by atoms with Gasteiger partial charge in [0.25, 0.3) is 5.91 Å². The minimum Gasteiger partial charge on any atom is -0.397 e. The molecule has 4 rings (SSSR count). The first-order valence-electron chi connectivity index (χ1n) is 8.51. The molecular formula is C21H14F3N3OS. The summed E-state index contributed by atoms with van der Waals surface area (Å²) in [5.41, 5.74) is 13.0. The summed E-state index contributed by atoms with van der Waals surface area (Å²) in [7, 11) is 0. The summed E-state index contributed by atoms with van der Waals surface area (Å²) in [6.45, 7) is 0. The Hall–Kier alpha value is -3.39.